The van der Waals surface area contributed by atoms with E-state index in [4.69, 9.17) is 21.1 Å². The summed E-state index contributed by atoms with van der Waals surface area (Å²) in [5, 5.41) is 3.32. The van der Waals surface area contributed by atoms with Gasteiger partial charge in [-0.05, 0) is 19.4 Å². The molecule has 1 aliphatic rings. The van der Waals surface area contributed by atoms with Gasteiger partial charge in [-0.3, -0.25) is 14.9 Å². The second kappa shape index (κ2) is 7.40. The Bertz CT molecular complexity index is 1060. The number of aliphatic imine (C=N–C) groups is 1. The number of nitrogens with one attached hydrogen (secondary N) is 1. The zero-order chi connectivity index (χ0) is 19.8. The van der Waals surface area contributed by atoms with Crippen LogP contribution in [0.25, 0.3) is 0 Å². The van der Waals surface area contributed by atoms with Crippen LogP contribution in [0.3, 0.4) is 0 Å². The third kappa shape index (κ3) is 3.89. The largest absolute Gasteiger partial charge is 0.495 e. The van der Waals surface area contributed by atoms with E-state index in [1.165, 1.54) is 25.1 Å². The molecule has 27 heavy (non-hydrogen) atoms. The Morgan fingerprint density at radius 1 is 1.30 bits per heavy atom. The van der Waals surface area contributed by atoms with Gasteiger partial charge in [0.15, 0.2) is 9.84 Å². The number of hydrogen-bond acceptors (Lipinski definition) is 6. The van der Waals surface area contributed by atoms with Gasteiger partial charge < -0.3 is 9.47 Å². The van der Waals surface area contributed by atoms with E-state index >= 15 is 0 Å². The molecule has 1 aromatic carbocycles. The molecule has 0 aliphatic carbocycles. The minimum Gasteiger partial charge on any atom is -0.495 e. The number of sulfone groups is 1. The van der Waals surface area contributed by atoms with E-state index in [2.05, 4.69) is 10.1 Å². The van der Waals surface area contributed by atoms with Crippen LogP contribution in [0.5, 0.6) is 11.5 Å². The summed E-state index contributed by atoms with van der Waals surface area (Å²) < 4.78 is 35.2. The molecule has 1 unspecified atom stereocenters. The Hall–Kier alpha value is -2.26. The van der Waals surface area contributed by atoms with Crippen molar-refractivity contribution in [2.24, 2.45) is 4.99 Å². The number of methoxy groups -OCH3 is 2. The second-order valence-corrected chi connectivity index (χ2v) is 8.94. The van der Waals surface area contributed by atoms with Gasteiger partial charge in [-0.25, -0.2) is 13.1 Å². The lowest BCUT2D eigenvalue weighted by molar-refractivity contribution is 0.395. The highest BCUT2D eigenvalue weighted by Crippen LogP contribution is 2.37. The average molecular weight is 414 g/mol. The molecule has 2 heterocycles. The fraction of sp³-hybridized carbons (Fsp3) is 0.412. The molecule has 0 radical (unpaired) electrons. The van der Waals surface area contributed by atoms with Crippen molar-refractivity contribution in [1.29, 1.82) is 0 Å². The molecular weight excluding hydrogens is 394 g/mol. The molecule has 1 saturated heterocycles. The van der Waals surface area contributed by atoms with Crippen molar-refractivity contribution in [3.63, 3.8) is 0 Å². The maximum absolute atomic E-state index is 12.7. The van der Waals surface area contributed by atoms with Gasteiger partial charge in [0.1, 0.15) is 17.2 Å². The minimum absolute atomic E-state index is 0.0364. The van der Waals surface area contributed by atoms with E-state index in [1.807, 2.05) is 0 Å². The zero-order valence-corrected chi connectivity index (χ0v) is 16.7. The fourth-order valence-electron chi connectivity index (χ4n) is 3.05. The highest BCUT2D eigenvalue weighted by atomic mass is 35.5. The molecule has 1 N–H and O–H groups in total. The van der Waals surface area contributed by atoms with Crippen LogP contribution in [0.4, 0.5) is 5.69 Å². The average Bonchev–Trinajstić information content (AvgIpc) is 3.12. The summed E-state index contributed by atoms with van der Waals surface area (Å²) in [6.45, 7) is 1.74. The van der Waals surface area contributed by atoms with Crippen molar-refractivity contribution in [3.05, 3.63) is 38.8 Å². The summed E-state index contributed by atoms with van der Waals surface area (Å²) in [4.78, 5) is 17.0. The lowest BCUT2D eigenvalue weighted by atomic mass is 10.2. The SMILES string of the molecule is COc1cc(OC)c(N=Cc2c(C)[nH]n(C3CCS(=O)(=O)C3)c2=O)cc1Cl. The molecule has 1 fully saturated rings. The first kappa shape index (κ1) is 19.5. The van der Waals surface area contributed by atoms with Crippen LogP contribution < -0.4 is 15.0 Å². The fourth-order valence-corrected chi connectivity index (χ4v) is 4.98. The maximum Gasteiger partial charge on any atom is 0.275 e. The van der Waals surface area contributed by atoms with Crippen LogP contribution in [0.1, 0.15) is 23.7 Å². The van der Waals surface area contributed by atoms with Crippen molar-refractivity contribution in [3.8, 4) is 11.5 Å². The van der Waals surface area contributed by atoms with Crippen LogP contribution in [0, 0.1) is 6.92 Å². The Labute approximate surface area is 161 Å². The van der Waals surface area contributed by atoms with Gasteiger partial charge in [0.05, 0.1) is 42.4 Å². The predicted molar refractivity (Wildman–Crippen MR) is 104 cm³/mol. The van der Waals surface area contributed by atoms with Gasteiger partial charge >= 0.3 is 0 Å². The monoisotopic (exact) mass is 413 g/mol. The van der Waals surface area contributed by atoms with Crippen LogP contribution in [0.15, 0.2) is 21.9 Å². The van der Waals surface area contributed by atoms with Gasteiger partial charge in [-0.15, -0.1) is 0 Å². The summed E-state index contributed by atoms with van der Waals surface area (Å²) in [7, 11) is -0.101. The predicted octanol–water partition coefficient (Wildman–Crippen LogP) is 2.27. The first-order valence-corrected chi connectivity index (χ1v) is 10.4. The molecule has 0 bridgehead atoms. The highest BCUT2D eigenvalue weighted by molar-refractivity contribution is 7.91. The quantitative estimate of drug-likeness (QED) is 0.757. The normalized spacial score (nSPS) is 18.9. The number of nitrogens with zero attached hydrogens (tertiary/aromatic N) is 2. The van der Waals surface area contributed by atoms with Crippen molar-refractivity contribution < 1.29 is 17.9 Å². The second-order valence-electron chi connectivity index (χ2n) is 6.30. The molecule has 0 amide bonds. The number of rotatable bonds is 5. The van der Waals surface area contributed by atoms with Crippen LogP contribution in [-0.4, -0.2) is 50.1 Å². The number of ether oxygens (including phenoxy) is 2. The summed E-state index contributed by atoms with van der Waals surface area (Å²) in [6, 6.07) is 2.81. The van der Waals surface area contributed by atoms with Crippen molar-refractivity contribution in [2.45, 2.75) is 19.4 Å². The van der Waals surface area contributed by atoms with E-state index in [-0.39, 0.29) is 23.1 Å². The number of aryl methyl sites for hydroxylation is 1. The van der Waals surface area contributed by atoms with Gasteiger partial charge in [0.25, 0.3) is 5.56 Å². The van der Waals surface area contributed by atoms with E-state index in [0.717, 1.165) is 0 Å². The van der Waals surface area contributed by atoms with Crippen molar-refractivity contribution in [1.82, 2.24) is 9.78 Å². The standard InChI is InChI=1S/C17H20ClN3O5S/c1-10-12(17(22)21(20-10)11-4-5-27(23,24)9-11)8-19-14-6-13(18)15(25-2)7-16(14)26-3/h6-8,11,20H,4-5,9H2,1-3H3. The number of halogens is 1. The molecular formula is C17H20ClN3O5S. The smallest absolute Gasteiger partial charge is 0.275 e. The first-order chi connectivity index (χ1) is 12.8. The third-order valence-electron chi connectivity index (χ3n) is 4.50. The topological polar surface area (TPSA) is 103 Å². The zero-order valence-electron chi connectivity index (χ0n) is 15.2. The number of aromatic amines is 1. The van der Waals surface area contributed by atoms with Gasteiger partial charge in [0, 0.05) is 18.0 Å². The van der Waals surface area contributed by atoms with Gasteiger partial charge in [-0.1, -0.05) is 11.6 Å². The molecule has 0 saturated carbocycles. The molecule has 1 aliphatic heterocycles. The van der Waals surface area contributed by atoms with Gasteiger partial charge in [0.2, 0.25) is 0 Å². The minimum atomic E-state index is -3.10. The van der Waals surface area contributed by atoms with E-state index < -0.39 is 9.84 Å². The first-order valence-electron chi connectivity index (χ1n) is 8.23. The number of hydrogen-bond donors (Lipinski definition) is 1. The van der Waals surface area contributed by atoms with Crippen molar-refractivity contribution in [2.75, 3.05) is 25.7 Å². The Morgan fingerprint density at radius 3 is 2.59 bits per heavy atom. The molecule has 146 valence electrons. The van der Waals surface area contributed by atoms with Crippen LogP contribution in [0.2, 0.25) is 5.02 Å². The Morgan fingerprint density at radius 2 is 2.00 bits per heavy atom. The lowest BCUT2D eigenvalue weighted by Gasteiger charge is -2.08. The summed E-state index contributed by atoms with van der Waals surface area (Å²) in [5.41, 5.74) is 1.09. The van der Waals surface area contributed by atoms with Crippen LogP contribution in [-0.2, 0) is 9.84 Å². The summed E-state index contributed by atoms with van der Waals surface area (Å²) in [5.74, 6) is 0.955. The molecule has 0 spiro atoms. The third-order valence-corrected chi connectivity index (χ3v) is 6.55. The number of H-pyrrole nitrogens is 1. The maximum atomic E-state index is 12.7. The molecule has 8 nitrogen and oxygen atoms in total. The lowest BCUT2D eigenvalue weighted by Crippen LogP contribution is -2.25. The molecule has 1 atom stereocenters. The number of aromatic nitrogens is 2. The van der Waals surface area contributed by atoms with E-state index in [9.17, 15) is 13.2 Å². The molecule has 2 aromatic rings. The van der Waals surface area contributed by atoms with Crippen molar-refractivity contribution >= 4 is 33.3 Å². The Kier molecular flexibility index (Phi) is 5.34. The summed E-state index contributed by atoms with van der Waals surface area (Å²) in [6.07, 6.45) is 1.84. The molecule has 1 aromatic heterocycles. The molecule has 3 rings (SSSR count). The summed E-state index contributed by atoms with van der Waals surface area (Å²) >= 11 is 6.14. The van der Waals surface area contributed by atoms with Gasteiger partial charge in [-0.2, -0.15) is 0 Å². The van der Waals surface area contributed by atoms with E-state index in [1.54, 1.807) is 19.1 Å². The van der Waals surface area contributed by atoms with Crippen LogP contribution >= 0.6 is 11.6 Å². The number of benzene rings is 1. The Balaban J connectivity index is 1.95. The molecule has 10 heteroatoms. The highest BCUT2D eigenvalue weighted by Gasteiger charge is 2.31. The van der Waals surface area contributed by atoms with E-state index in [0.29, 0.717) is 39.9 Å².